The Morgan fingerprint density at radius 1 is 0.431 bits per heavy atom. The van der Waals surface area contributed by atoms with Gasteiger partial charge in [0, 0.05) is 12.3 Å². The lowest BCUT2D eigenvalue weighted by molar-refractivity contribution is -0.142. The van der Waals surface area contributed by atoms with Gasteiger partial charge in [0.25, 0.3) is 0 Å². The molecule has 1 aliphatic rings. The molecule has 0 aliphatic carbocycles. The summed E-state index contributed by atoms with van der Waals surface area (Å²) in [6.07, 6.45) is 1.40. The summed E-state index contributed by atoms with van der Waals surface area (Å²) in [6, 6.07) is 18.5. The first-order valence-corrected chi connectivity index (χ1v) is 20.7. The average Bonchev–Trinajstić information content (AvgIpc) is 3.34. The third-order valence-electron chi connectivity index (χ3n) is 9.85. The zero-order valence-corrected chi connectivity index (χ0v) is 34.8. The van der Waals surface area contributed by atoms with Crippen molar-refractivity contribution in [1.29, 1.82) is 0 Å². The molecule has 0 radical (unpaired) electrons. The van der Waals surface area contributed by atoms with Crippen molar-refractivity contribution < 1.29 is 28.4 Å². The molecular weight excluding hydrogens is 674 g/mol. The predicted molar refractivity (Wildman–Crippen MR) is 216 cm³/mol. The molecule has 1 saturated heterocycles. The number of benzene rings is 4. The molecule has 0 unspecified atom stereocenters. The predicted octanol–water partition coefficient (Wildman–Crippen LogP) is 8.27. The Morgan fingerprint density at radius 2 is 0.627 bits per heavy atom. The van der Waals surface area contributed by atoms with E-state index in [1.807, 2.05) is 0 Å². The fourth-order valence-electron chi connectivity index (χ4n) is 7.92. The van der Waals surface area contributed by atoms with E-state index in [0.29, 0.717) is 0 Å². The molecule has 5 rings (SSSR count). The van der Waals surface area contributed by atoms with Crippen molar-refractivity contribution in [3.8, 4) is 23.0 Å². The van der Waals surface area contributed by atoms with Crippen LogP contribution in [0.15, 0.2) is 48.5 Å². The summed E-state index contributed by atoms with van der Waals surface area (Å²) in [4.78, 5) is 0. The van der Waals surface area contributed by atoms with Crippen molar-refractivity contribution in [2.24, 2.45) is 0 Å². The minimum absolute atomic E-state index is 0.123. The second-order valence-corrected chi connectivity index (χ2v) is 18.9. The average molecular weight is 731 g/mol. The zero-order chi connectivity index (χ0) is 37.4. The van der Waals surface area contributed by atoms with Crippen molar-refractivity contribution in [2.75, 3.05) is 40.8 Å². The molecule has 0 spiro atoms. The lowest BCUT2D eigenvalue weighted by Crippen LogP contribution is -2.34. The van der Waals surface area contributed by atoms with E-state index in [4.69, 9.17) is 28.4 Å². The standard InChI is InChI=1S/C43H56O6P2/c1-25-15-33(16-26(2)39(25)44-11)50(34-17-27(3)40(45-12)28(4)18-34)23-37-38(49-43(9,10)48-37)24-51(35-19-29(5)41(46-13)30(6)20-35)36-21-31(7)42(47-14)32(8)22-36/h15-22,37-38H,23-24H2,1-14H3/t37-,38-/m1/s1. The van der Waals surface area contributed by atoms with Crippen LogP contribution >= 0.6 is 15.8 Å². The number of aryl methyl sites for hydroxylation is 8. The number of hydrogen-bond acceptors (Lipinski definition) is 6. The quantitative estimate of drug-likeness (QED) is 0.137. The van der Waals surface area contributed by atoms with Gasteiger partial charge in [-0.15, -0.1) is 0 Å². The minimum atomic E-state index is -0.839. The Morgan fingerprint density at radius 3 is 0.804 bits per heavy atom. The maximum absolute atomic E-state index is 6.90. The van der Waals surface area contributed by atoms with Crippen LogP contribution in [0.4, 0.5) is 0 Å². The largest absolute Gasteiger partial charge is 0.496 e. The van der Waals surface area contributed by atoms with Crippen LogP contribution in [0.2, 0.25) is 0 Å². The zero-order valence-electron chi connectivity index (χ0n) is 33.0. The van der Waals surface area contributed by atoms with Crippen molar-refractivity contribution in [3.05, 3.63) is 93.0 Å². The van der Waals surface area contributed by atoms with Crippen LogP contribution < -0.4 is 40.2 Å². The van der Waals surface area contributed by atoms with E-state index in [1.54, 1.807) is 28.4 Å². The summed E-state index contributed by atoms with van der Waals surface area (Å²) in [6.45, 7) is 21.2. The maximum atomic E-state index is 6.90. The summed E-state index contributed by atoms with van der Waals surface area (Å²) in [5.74, 6) is 3.05. The molecule has 0 N–H and O–H groups in total. The molecular formula is C43H56O6P2. The van der Waals surface area contributed by atoms with Gasteiger partial charge in [-0.1, -0.05) is 0 Å². The molecule has 51 heavy (non-hydrogen) atoms. The first-order valence-electron chi connectivity index (χ1n) is 17.6. The van der Waals surface area contributed by atoms with Crippen LogP contribution in [0.3, 0.4) is 0 Å². The normalized spacial score (nSPS) is 16.9. The van der Waals surface area contributed by atoms with Gasteiger partial charge < -0.3 is 28.4 Å². The molecule has 2 atom stereocenters. The van der Waals surface area contributed by atoms with Crippen LogP contribution in [0.5, 0.6) is 23.0 Å². The first-order chi connectivity index (χ1) is 24.1. The van der Waals surface area contributed by atoms with E-state index in [1.165, 1.54) is 21.2 Å². The highest BCUT2D eigenvalue weighted by atomic mass is 31.1. The Bertz CT molecular complexity index is 1550. The summed E-state index contributed by atoms with van der Waals surface area (Å²) in [5.41, 5.74) is 9.12. The highest BCUT2D eigenvalue weighted by Gasteiger charge is 2.44. The molecule has 4 aromatic carbocycles. The fourth-order valence-corrected chi connectivity index (χ4v) is 13.5. The summed E-state index contributed by atoms with van der Waals surface area (Å²) in [7, 11) is 5.32. The number of ether oxygens (including phenoxy) is 6. The van der Waals surface area contributed by atoms with E-state index >= 15 is 0 Å². The second kappa shape index (κ2) is 15.8. The first kappa shape index (κ1) is 39.1. The number of methoxy groups -OCH3 is 4. The Kier molecular flexibility index (Phi) is 12.1. The minimum Gasteiger partial charge on any atom is -0.496 e. The van der Waals surface area contributed by atoms with E-state index in [0.717, 1.165) is 79.8 Å². The molecule has 1 fully saturated rings. The van der Waals surface area contributed by atoms with Gasteiger partial charge in [0.2, 0.25) is 0 Å². The van der Waals surface area contributed by atoms with Crippen LogP contribution in [0.1, 0.15) is 58.4 Å². The summed E-state index contributed by atoms with van der Waals surface area (Å²) < 4.78 is 36.9. The molecule has 6 nitrogen and oxygen atoms in total. The van der Waals surface area contributed by atoms with Gasteiger partial charge in [-0.3, -0.25) is 0 Å². The molecule has 1 aliphatic heterocycles. The molecule has 0 amide bonds. The van der Waals surface area contributed by atoms with E-state index in [9.17, 15) is 0 Å². The van der Waals surface area contributed by atoms with Gasteiger partial charge in [0.15, 0.2) is 5.79 Å². The highest BCUT2D eigenvalue weighted by Crippen LogP contribution is 2.47. The molecule has 8 heteroatoms. The van der Waals surface area contributed by atoms with Crippen LogP contribution in [0.25, 0.3) is 0 Å². The Balaban J connectivity index is 1.62. The summed E-state index contributed by atoms with van der Waals surface area (Å²) in [5, 5.41) is 5.23. The van der Waals surface area contributed by atoms with E-state index < -0.39 is 21.6 Å². The van der Waals surface area contributed by atoms with Gasteiger partial charge in [0.1, 0.15) is 23.0 Å². The van der Waals surface area contributed by atoms with Gasteiger partial charge in [-0.2, -0.15) is 0 Å². The lowest BCUT2D eigenvalue weighted by atomic mass is 10.1. The van der Waals surface area contributed by atoms with E-state index in [2.05, 4.69) is 118 Å². The van der Waals surface area contributed by atoms with Gasteiger partial charge in [-0.05, 0) is 199 Å². The van der Waals surface area contributed by atoms with Gasteiger partial charge in [-0.25, -0.2) is 0 Å². The molecule has 274 valence electrons. The highest BCUT2D eigenvalue weighted by molar-refractivity contribution is 7.73. The molecule has 4 aromatic rings. The topological polar surface area (TPSA) is 55.4 Å². The van der Waals surface area contributed by atoms with Crippen molar-refractivity contribution in [1.82, 2.24) is 0 Å². The Hall–Kier alpha value is -3.14. The van der Waals surface area contributed by atoms with Gasteiger partial charge >= 0.3 is 0 Å². The molecule has 1 heterocycles. The number of hydrogen-bond donors (Lipinski definition) is 0. The van der Waals surface area contributed by atoms with Crippen molar-refractivity contribution >= 4 is 37.1 Å². The van der Waals surface area contributed by atoms with Crippen molar-refractivity contribution in [2.45, 2.75) is 87.2 Å². The maximum Gasteiger partial charge on any atom is 0.163 e. The Labute approximate surface area is 308 Å². The smallest absolute Gasteiger partial charge is 0.163 e. The third kappa shape index (κ3) is 8.26. The van der Waals surface area contributed by atoms with Gasteiger partial charge in [0.05, 0.1) is 40.6 Å². The summed E-state index contributed by atoms with van der Waals surface area (Å²) >= 11 is 0. The van der Waals surface area contributed by atoms with Crippen LogP contribution in [0, 0.1) is 55.4 Å². The monoisotopic (exact) mass is 730 g/mol. The van der Waals surface area contributed by atoms with E-state index in [-0.39, 0.29) is 12.2 Å². The third-order valence-corrected chi connectivity index (χ3v) is 14.8. The van der Waals surface area contributed by atoms with Crippen LogP contribution in [-0.2, 0) is 9.47 Å². The molecule has 0 bridgehead atoms. The number of rotatable bonds is 12. The lowest BCUT2D eigenvalue weighted by Gasteiger charge is -2.29. The molecule has 0 aromatic heterocycles. The van der Waals surface area contributed by atoms with Crippen LogP contribution in [-0.4, -0.2) is 58.8 Å². The molecule has 0 saturated carbocycles. The second-order valence-electron chi connectivity index (χ2n) is 14.4. The SMILES string of the molecule is COc1c(C)cc(P(C[C@H]2OC(C)(C)O[C@@H]2CP(c2cc(C)c(OC)c(C)c2)c2cc(C)c(OC)c(C)c2)c2cc(C)c(OC)c(C)c2)cc1C. The fraction of sp³-hybridized carbons (Fsp3) is 0.442. The van der Waals surface area contributed by atoms with Crippen molar-refractivity contribution in [3.63, 3.8) is 0 Å².